The molecule has 0 amide bonds. The highest BCUT2D eigenvalue weighted by Gasteiger charge is 2.40. The van der Waals surface area contributed by atoms with E-state index in [2.05, 4.69) is 6.92 Å². The second kappa shape index (κ2) is 2.24. The molecule has 0 aliphatic rings. The highest BCUT2D eigenvalue weighted by Crippen LogP contribution is 2.37. The third kappa shape index (κ3) is 1.92. The van der Waals surface area contributed by atoms with Crippen molar-refractivity contribution in [1.29, 1.82) is 0 Å². The van der Waals surface area contributed by atoms with E-state index in [9.17, 15) is 8.78 Å². The van der Waals surface area contributed by atoms with Crippen molar-refractivity contribution in [2.75, 3.05) is 0 Å². The summed E-state index contributed by atoms with van der Waals surface area (Å²) in [6.07, 6.45) is 0.448. The molecular weight excluding hydrogens is 122 g/mol. The molecule has 0 saturated heterocycles. The van der Waals surface area contributed by atoms with Gasteiger partial charge in [-0.05, 0) is 6.42 Å². The average Bonchev–Trinajstić information content (AvgIpc) is 1.64. The van der Waals surface area contributed by atoms with Gasteiger partial charge in [-0.15, -0.1) is 0 Å². The maximum atomic E-state index is 12.4. The normalized spacial score (nSPS) is 14.0. The molecule has 0 aromatic carbocycles. The van der Waals surface area contributed by atoms with Crippen molar-refractivity contribution in [3.8, 4) is 0 Å². The summed E-state index contributed by atoms with van der Waals surface area (Å²) in [7, 11) is 0. The van der Waals surface area contributed by atoms with Crippen LogP contribution in [-0.2, 0) is 0 Å². The largest absolute Gasteiger partial charge is 0.253 e. The maximum absolute atomic E-state index is 12.4. The van der Waals surface area contributed by atoms with E-state index in [-0.39, 0.29) is 0 Å². The lowest BCUT2D eigenvalue weighted by atomic mass is 9.84. The van der Waals surface area contributed by atoms with Crippen LogP contribution in [0.3, 0.4) is 0 Å². The van der Waals surface area contributed by atoms with Crippen LogP contribution in [0.1, 0.15) is 27.2 Å². The van der Waals surface area contributed by atoms with Crippen LogP contribution in [0, 0.1) is 12.3 Å². The van der Waals surface area contributed by atoms with Crippen LogP contribution in [-0.4, -0.2) is 5.92 Å². The van der Waals surface area contributed by atoms with Crippen LogP contribution in [0.15, 0.2) is 0 Å². The van der Waals surface area contributed by atoms with Crippen molar-refractivity contribution >= 4 is 0 Å². The van der Waals surface area contributed by atoms with E-state index in [1.165, 1.54) is 13.8 Å². The zero-order valence-electron chi connectivity index (χ0n) is 6.17. The van der Waals surface area contributed by atoms with Gasteiger partial charge in [0.25, 0.3) is 5.92 Å². The van der Waals surface area contributed by atoms with E-state index < -0.39 is 11.3 Å². The summed E-state index contributed by atoms with van der Waals surface area (Å²) in [6.45, 7) is 7.54. The van der Waals surface area contributed by atoms with Crippen LogP contribution in [0.4, 0.5) is 8.78 Å². The fourth-order valence-corrected chi connectivity index (χ4v) is 0.259. The summed E-state index contributed by atoms with van der Waals surface area (Å²) < 4.78 is 24.8. The van der Waals surface area contributed by atoms with Gasteiger partial charge in [-0.2, -0.15) is 0 Å². The molecule has 0 bridgehead atoms. The Hall–Kier alpha value is -0.140. The molecule has 0 fully saturated rings. The van der Waals surface area contributed by atoms with Gasteiger partial charge in [0.1, 0.15) is 0 Å². The van der Waals surface area contributed by atoms with Gasteiger partial charge in [-0.1, -0.05) is 20.8 Å². The highest BCUT2D eigenvalue weighted by molar-refractivity contribution is 4.85. The second-order valence-corrected chi connectivity index (χ2v) is 2.94. The third-order valence-electron chi connectivity index (χ3n) is 1.87. The first kappa shape index (κ1) is 8.86. The number of halogens is 2. The van der Waals surface area contributed by atoms with E-state index in [1.807, 2.05) is 0 Å². The first-order chi connectivity index (χ1) is 3.81. The Morgan fingerprint density at radius 2 is 1.67 bits per heavy atom. The Morgan fingerprint density at radius 3 is 1.67 bits per heavy atom. The molecular formula is C7H13F2. The Bertz CT molecular complexity index is 89.6. The van der Waals surface area contributed by atoms with Crippen molar-refractivity contribution in [2.45, 2.75) is 33.1 Å². The minimum atomic E-state index is -2.80. The van der Waals surface area contributed by atoms with Gasteiger partial charge in [-0.25, -0.2) is 8.78 Å². The Morgan fingerprint density at radius 1 is 1.33 bits per heavy atom. The summed E-state index contributed by atoms with van der Waals surface area (Å²) in [5, 5.41) is 0. The lowest BCUT2D eigenvalue weighted by Crippen LogP contribution is -2.32. The average molecular weight is 135 g/mol. The van der Waals surface area contributed by atoms with E-state index in [0.29, 0.717) is 6.42 Å². The fourth-order valence-electron chi connectivity index (χ4n) is 0.259. The van der Waals surface area contributed by atoms with Crippen LogP contribution in [0.2, 0.25) is 0 Å². The van der Waals surface area contributed by atoms with E-state index in [1.54, 1.807) is 6.92 Å². The van der Waals surface area contributed by atoms with Crippen molar-refractivity contribution in [3.63, 3.8) is 0 Å². The Labute approximate surface area is 55.3 Å². The molecule has 0 saturated carbocycles. The third-order valence-corrected chi connectivity index (χ3v) is 1.87. The van der Waals surface area contributed by atoms with Gasteiger partial charge in [0.2, 0.25) is 0 Å². The van der Waals surface area contributed by atoms with Gasteiger partial charge in [0.15, 0.2) is 0 Å². The molecule has 0 unspecified atom stereocenters. The fraction of sp³-hybridized carbons (Fsp3) is 0.857. The molecule has 0 nitrogen and oxygen atoms in total. The molecule has 0 rings (SSSR count). The molecule has 0 atom stereocenters. The van der Waals surface area contributed by atoms with Crippen molar-refractivity contribution in [3.05, 3.63) is 6.92 Å². The van der Waals surface area contributed by atoms with E-state index in [4.69, 9.17) is 0 Å². The van der Waals surface area contributed by atoms with Gasteiger partial charge >= 0.3 is 0 Å². The second-order valence-electron chi connectivity index (χ2n) is 2.94. The summed E-state index contributed by atoms with van der Waals surface area (Å²) in [4.78, 5) is 0. The minimum Gasteiger partial charge on any atom is -0.206 e. The molecule has 0 spiro atoms. The summed E-state index contributed by atoms with van der Waals surface area (Å²) in [5.41, 5.74) is -0.965. The smallest absolute Gasteiger partial charge is 0.206 e. The summed E-state index contributed by atoms with van der Waals surface area (Å²) in [6, 6.07) is 0. The molecule has 0 N–H and O–H groups in total. The predicted octanol–water partition coefficient (Wildman–Crippen LogP) is 2.89. The molecule has 9 heavy (non-hydrogen) atoms. The van der Waals surface area contributed by atoms with Crippen LogP contribution in [0.5, 0.6) is 0 Å². The van der Waals surface area contributed by atoms with Crippen molar-refractivity contribution in [2.24, 2.45) is 5.41 Å². The Balaban J connectivity index is 4.14. The monoisotopic (exact) mass is 135 g/mol. The van der Waals surface area contributed by atoms with Gasteiger partial charge in [-0.3, -0.25) is 0 Å². The van der Waals surface area contributed by atoms with Crippen molar-refractivity contribution < 1.29 is 8.78 Å². The number of hydrogen-bond donors (Lipinski definition) is 0. The zero-order valence-corrected chi connectivity index (χ0v) is 6.17. The van der Waals surface area contributed by atoms with Crippen LogP contribution < -0.4 is 0 Å². The lowest BCUT2D eigenvalue weighted by Gasteiger charge is -2.29. The first-order valence-corrected chi connectivity index (χ1v) is 3.04. The van der Waals surface area contributed by atoms with E-state index >= 15 is 0 Å². The molecule has 0 aliphatic carbocycles. The predicted molar refractivity (Wildman–Crippen MR) is 34.4 cm³/mol. The highest BCUT2D eigenvalue weighted by atomic mass is 19.3. The molecule has 0 aromatic rings. The van der Waals surface area contributed by atoms with Gasteiger partial charge in [0, 0.05) is 12.3 Å². The van der Waals surface area contributed by atoms with Gasteiger partial charge < -0.3 is 0 Å². The molecule has 55 valence electrons. The van der Waals surface area contributed by atoms with Crippen LogP contribution in [0.25, 0.3) is 0 Å². The molecule has 0 heterocycles. The zero-order chi connectivity index (χ0) is 7.71. The van der Waals surface area contributed by atoms with E-state index in [0.717, 1.165) is 0 Å². The van der Waals surface area contributed by atoms with Crippen LogP contribution >= 0.6 is 0 Å². The first-order valence-electron chi connectivity index (χ1n) is 3.04. The number of hydrogen-bond acceptors (Lipinski definition) is 0. The lowest BCUT2D eigenvalue weighted by molar-refractivity contribution is -0.0651. The molecule has 0 aliphatic heterocycles. The quantitative estimate of drug-likeness (QED) is 0.546. The van der Waals surface area contributed by atoms with Crippen molar-refractivity contribution in [1.82, 2.24) is 0 Å². The SMILES string of the molecule is [CH2]C(F)(F)C(C)(C)CC. The topological polar surface area (TPSA) is 0 Å². The summed E-state index contributed by atoms with van der Waals surface area (Å²) >= 11 is 0. The standard InChI is InChI=1S/C7H13F2/c1-5-6(2,3)7(4,8)9/h4-5H2,1-3H3. The number of alkyl halides is 2. The Kier molecular flexibility index (Phi) is 2.20. The maximum Gasteiger partial charge on any atom is 0.253 e. The van der Waals surface area contributed by atoms with Gasteiger partial charge in [0.05, 0.1) is 0 Å². The molecule has 0 aromatic heterocycles. The number of rotatable bonds is 2. The molecule has 2 heteroatoms. The minimum absolute atomic E-state index is 0.448. The molecule has 1 radical (unpaired) electrons. The summed E-state index contributed by atoms with van der Waals surface area (Å²) in [5.74, 6) is -2.80.